The summed E-state index contributed by atoms with van der Waals surface area (Å²) in [6.45, 7) is 20.3. The monoisotopic (exact) mass is 351 g/mol. The van der Waals surface area contributed by atoms with E-state index in [-0.39, 0.29) is 0 Å². The number of guanidine groups is 1. The van der Waals surface area contributed by atoms with Crippen LogP contribution >= 0.6 is 0 Å². The molecule has 0 aromatic carbocycles. The Bertz CT molecular complexity index is 420. The van der Waals surface area contributed by atoms with Gasteiger partial charge in [-0.2, -0.15) is 0 Å². The third kappa shape index (κ3) is 6.14. The van der Waals surface area contributed by atoms with Gasteiger partial charge < -0.3 is 15.5 Å². The Morgan fingerprint density at radius 1 is 1.08 bits per heavy atom. The van der Waals surface area contributed by atoms with Gasteiger partial charge in [0.25, 0.3) is 0 Å². The number of likely N-dealkylation sites (tertiary alicyclic amines) is 2. The highest BCUT2D eigenvalue weighted by Crippen LogP contribution is 2.20. The normalized spacial score (nSPS) is 29.6. The van der Waals surface area contributed by atoms with Gasteiger partial charge in [0.15, 0.2) is 5.96 Å². The molecule has 0 radical (unpaired) electrons. The molecule has 0 amide bonds. The summed E-state index contributed by atoms with van der Waals surface area (Å²) < 4.78 is 0. The van der Waals surface area contributed by atoms with Crippen molar-refractivity contribution < 1.29 is 0 Å². The highest BCUT2D eigenvalue weighted by atomic mass is 15.3. The Morgan fingerprint density at radius 3 is 2.40 bits per heavy atom. The quantitative estimate of drug-likeness (QED) is 0.570. The van der Waals surface area contributed by atoms with Crippen LogP contribution in [0.3, 0.4) is 0 Å². The summed E-state index contributed by atoms with van der Waals surface area (Å²) in [5.41, 5.74) is 0. The van der Waals surface area contributed by atoms with Crippen LogP contribution in [-0.4, -0.2) is 73.2 Å². The molecule has 5 heteroatoms. The lowest BCUT2D eigenvalue weighted by Gasteiger charge is -2.35. The van der Waals surface area contributed by atoms with E-state index in [1.165, 1.54) is 32.5 Å². The highest BCUT2D eigenvalue weighted by molar-refractivity contribution is 5.80. The van der Waals surface area contributed by atoms with Crippen LogP contribution in [0.15, 0.2) is 4.99 Å². The first-order valence-corrected chi connectivity index (χ1v) is 10.4. The predicted molar refractivity (Wildman–Crippen MR) is 108 cm³/mol. The maximum absolute atomic E-state index is 4.95. The molecule has 0 aromatic heterocycles. The largest absolute Gasteiger partial charge is 0.357 e. The molecule has 2 aliphatic heterocycles. The molecule has 2 saturated heterocycles. The maximum atomic E-state index is 4.95. The van der Waals surface area contributed by atoms with E-state index in [0.717, 1.165) is 25.6 Å². The lowest BCUT2D eigenvalue weighted by molar-refractivity contribution is 0.143. The fourth-order valence-corrected chi connectivity index (χ4v) is 4.05. The van der Waals surface area contributed by atoms with Crippen molar-refractivity contribution in [3.05, 3.63) is 0 Å². The van der Waals surface area contributed by atoms with E-state index >= 15 is 0 Å². The van der Waals surface area contributed by atoms with Gasteiger partial charge >= 0.3 is 0 Å². The lowest BCUT2D eigenvalue weighted by atomic mass is 9.97. The molecule has 0 saturated carbocycles. The molecule has 0 aliphatic carbocycles. The van der Waals surface area contributed by atoms with Gasteiger partial charge in [0, 0.05) is 50.8 Å². The number of hydrogen-bond donors (Lipinski definition) is 2. The summed E-state index contributed by atoms with van der Waals surface area (Å²) in [4.78, 5) is 10.1. The summed E-state index contributed by atoms with van der Waals surface area (Å²) in [6, 6.07) is 1.77. The Balaban J connectivity index is 1.90. The van der Waals surface area contributed by atoms with E-state index in [0.29, 0.717) is 30.0 Å². The minimum Gasteiger partial charge on any atom is -0.357 e. The highest BCUT2D eigenvalue weighted by Gasteiger charge is 2.31. The van der Waals surface area contributed by atoms with Crippen LogP contribution < -0.4 is 10.6 Å². The van der Waals surface area contributed by atoms with Crippen molar-refractivity contribution in [2.75, 3.05) is 39.3 Å². The number of nitrogens with one attached hydrogen (secondary N) is 2. The molecule has 0 spiro atoms. The van der Waals surface area contributed by atoms with Crippen molar-refractivity contribution in [3.8, 4) is 0 Å². The summed E-state index contributed by atoms with van der Waals surface area (Å²) in [5, 5.41) is 7.16. The summed E-state index contributed by atoms with van der Waals surface area (Å²) in [6.07, 6.45) is 2.62. The van der Waals surface area contributed by atoms with Gasteiger partial charge in [-0.1, -0.05) is 6.92 Å². The first-order valence-electron chi connectivity index (χ1n) is 10.4. The van der Waals surface area contributed by atoms with Gasteiger partial charge in [-0.25, -0.2) is 0 Å². The number of nitrogens with zero attached hydrogens (tertiary/aromatic N) is 3. The molecule has 2 fully saturated rings. The third-order valence-corrected chi connectivity index (χ3v) is 5.83. The van der Waals surface area contributed by atoms with Crippen molar-refractivity contribution in [1.82, 2.24) is 20.4 Å². The Morgan fingerprint density at radius 2 is 1.80 bits per heavy atom. The number of rotatable bonds is 6. The maximum Gasteiger partial charge on any atom is 0.191 e. The van der Waals surface area contributed by atoms with E-state index in [4.69, 9.17) is 4.99 Å². The van der Waals surface area contributed by atoms with E-state index in [1.54, 1.807) is 0 Å². The average molecular weight is 352 g/mol. The van der Waals surface area contributed by atoms with Crippen molar-refractivity contribution in [1.29, 1.82) is 0 Å². The van der Waals surface area contributed by atoms with Crippen LogP contribution in [0, 0.1) is 11.8 Å². The number of hydrogen-bond acceptors (Lipinski definition) is 3. The molecule has 2 aliphatic rings. The molecule has 146 valence electrons. The Kier molecular flexibility index (Phi) is 8.01. The standard InChI is InChI=1S/C20H41N5/c1-7-21-20(23-19-14-25(16(4)5)12-17(19)6)22-11-18-9-8-10-24(13-18)15(2)3/h15-19H,7-14H2,1-6H3,(H2,21,22,23). The van der Waals surface area contributed by atoms with Gasteiger partial charge in [0.2, 0.25) is 0 Å². The minimum absolute atomic E-state index is 0.499. The van der Waals surface area contributed by atoms with Gasteiger partial charge in [-0.3, -0.25) is 9.89 Å². The van der Waals surface area contributed by atoms with Gasteiger partial charge in [0.05, 0.1) is 0 Å². The van der Waals surface area contributed by atoms with Gasteiger partial charge in [0.1, 0.15) is 0 Å². The first kappa shape index (κ1) is 20.5. The molecule has 25 heavy (non-hydrogen) atoms. The third-order valence-electron chi connectivity index (χ3n) is 5.83. The van der Waals surface area contributed by atoms with Crippen molar-refractivity contribution >= 4 is 5.96 Å². The van der Waals surface area contributed by atoms with Crippen molar-refractivity contribution in [3.63, 3.8) is 0 Å². The van der Waals surface area contributed by atoms with E-state index in [2.05, 4.69) is 62.0 Å². The minimum atomic E-state index is 0.499. The first-order chi connectivity index (χ1) is 11.9. The topological polar surface area (TPSA) is 42.9 Å². The smallest absolute Gasteiger partial charge is 0.191 e. The molecule has 5 nitrogen and oxygen atoms in total. The zero-order chi connectivity index (χ0) is 18.4. The van der Waals surface area contributed by atoms with Crippen LogP contribution in [-0.2, 0) is 0 Å². The number of aliphatic imine (C=N–C) groups is 1. The summed E-state index contributed by atoms with van der Waals surface area (Å²) >= 11 is 0. The predicted octanol–water partition coefficient (Wildman–Crippen LogP) is 2.39. The summed E-state index contributed by atoms with van der Waals surface area (Å²) in [7, 11) is 0. The second kappa shape index (κ2) is 9.77. The molecule has 2 heterocycles. The van der Waals surface area contributed by atoms with Crippen LogP contribution in [0.1, 0.15) is 54.4 Å². The molecular formula is C20H41N5. The summed E-state index contributed by atoms with van der Waals surface area (Å²) in [5.74, 6) is 2.36. The molecular weight excluding hydrogens is 310 g/mol. The van der Waals surface area contributed by atoms with Crippen LogP contribution in [0.5, 0.6) is 0 Å². The van der Waals surface area contributed by atoms with Crippen LogP contribution in [0.25, 0.3) is 0 Å². The zero-order valence-electron chi connectivity index (χ0n) is 17.4. The second-order valence-corrected chi connectivity index (χ2v) is 8.59. The fourth-order valence-electron chi connectivity index (χ4n) is 4.05. The SMILES string of the molecule is CCNC(=NCC1CCCN(C(C)C)C1)NC1CN(C(C)C)CC1C. The molecule has 0 bridgehead atoms. The zero-order valence-corrected chi connectivity index (χ0v) is 17.4. The van der Waals surface area contributed by atoms with E-state index < -0.39 is 0 Å². The van der Waals surface area contributed by atoms with Crippen LogP contribution in [0.4, 0.5) is 0 Å². The average Bonchev–Trinajstić information content (AvgIpc) is 2.94. The molecule has 3 unspecified atom stereocenters. The van der Waals surface area contributed by atoms with Gasteiger partial charge in [-0.05, 0) is 65.8 Å². The van der Waals surface area contributed by atoms with E-state index in [9.17, 15) is 0 Å². The fraction of sp³-hybridized carbons (Fsp3) is 0.950. The molecule has 0 aromatic rings. The molecule has 3 atom stereocenters. The van der Waals surface area contributed by atoms with Crippen molar-refractivity contribution in [2.45, 2.75) is 72.5 Å². The molecule has 2 rings (SSSR count). The Hall–Kier alpha value is -0.810. The second-order valence-electron chi connectivity index (χ2n) is 8.59. The number of piperidine rings is 1. The molecule has 2 N–H and O–H groups in total. The van der Waals surface area contributed by atoms with Crippen LogP contribution in [0.2, 0.25) is 0 Å². The van der Waals surface area contributed by atoms with E-state index in [1.807, 2.05) is 0 Å². The lowest BCUT2D eigenvalue weighted by Crippen LogP contribution is -2.47. The van der Waals surface area contributed by atoms with Gasteiger partial charge in [-0.15, -0.1) is 0 Å². The Labute approximate surface area is 155 Å². The van der Waals surface area contributed by atoms with Crippen molar-refractivity contribution in [2.24, 2.45) is 16.8 Å².